The summed E-state index contributed by atoms with van der Waals surface area (Å²) in [5.41, 5.74) is -0.226. The van der Waals surface area contributed by atoms with Crippen LogP contribution in [0.3, 0.4) is 0 Å². The van der Waals surface area contributed by atoms with E-state index in [1.165, 1.54) is 30.4 Å². The van der Waals surface area contributed by atoms with Crippen molar-refractivity contribution in [3.05, 3.63) is 47.5 Å². The number of rotatable bonds is 0. The van der Waals surface area contributed by atoms with Crippen molar-refractivity contribution < 1.29 is 13.2 Å². The van der Waals surface area contributed by atoms with E-state index in [2.05, 4.69) is 0 Å². The van der Waals surface area contributed by atoms with E-state index in [1.807, 2.05) is 24.3 Å². The van der Waals surface area contributed by atoms with E-state index >= 15 is 0 Å². The zero-order valence-electron chi connectivity index (χ0n) is 9.91. The highest BCUT2D eigenvalue weighted by Crippen LogP contribution is 2.52. The van der Waals surface area contributed by atoms with Crippen LogP contribution in [0.4, 0.5) is 13.2 Å². The molecule has 0 N–H and O–H groups in total. The van der Waals surface area contributed by atoms with E-state index in [9.17, 15) is 13.2 Å². The molecule has 2 aromatic carbocycles. The second-order valence-corrected chi connectivity index (χ2v) is 6.37. The average molecular weight is 298 g/mol. The van der Waals surface area contributed by atoms with Crippen LogP contribution in [-0.2, 0) is 6.18 Å². The second-order valence-electron chi connectivity index (χ2n) is 4.23. The summed E-state index contributed by atoms with van der Waals surface area (Å²) in [6.07, 6.45) is -4.31. The third-order valence-corrected chi connectivity index (χ3v) is 5.49. The van der Waals surface area contributed by atoms with Crippen molar-refractivity contribution in [1.82, 2.24) is 0 Å². The van der Waals surface area contributed by atoms with Gasteiger partial charge in [0.15, 0.2) is 0 Å². The van der Waals surface area contributed by atoms with Crippen molar-refractivity contribution in [2.24, 2.45) is 0 Å². The lowest BCUT2D eigenvalue weighted by Crippen LogP contribution is -2.11. The van der Waals surface area contributed by atoms with Gasteiger partial charge in [0.1, 0.15) is 0 Å². The van der Waals surface area contributed by atoms with Crippen LogP contribution in [0.15, 0.2) is 56.0 Å². The van der Waals surface area contributed by atoms with Crippen LogP contribution in [0, 0.1) is 6.92 Å². The Bertz CT molecular complexity index is 648. The summed E-state index contributed by atoms with van der Waals surface area (Å²) in [6, 6.07) is 10.9. The highest BCUT2D eigenvalue weighted by atomic mass is 32.2. The fourth-order valence-corrected chi connectivity index (χ4v) is 4.51. The van der Waals surface area contributed by atoms with E-state index in [1.54, 1.807) is 12.1 Å². The smallest absolute Gasteiger partial charge is 0.166 e. The summed E-state index contributed by atoms with van der Waals surface area (Å²) in [7, 11) is 0. The van der Waals surface area contributed by atoms with Crippen molar-refractivity contribution in [3.8, 4) is 0 Å². The van der Waals surface area contributed by atoms with E-state index in [0.717, 1.165) is 9.79 Å². The van der Waals surface area contributed by atoms with E-state index in [0.29, 0.717) is 9.79 Å². The molecule has 1 heterocycles. The van der Waals surface area contributed by atoms with Crippen LogP contribution in [-0.4, -0.2) is 0 Å². The van der Waals surface area contributed by atoms with Gasteiger partial charge in [0, 0.05) is 19.6 Å². The van der Waals surface area contributed by atoms with Crippen LogP contribution < -0.4 is 0 Å². The van der Waals surface area contributed by atoms with Crippen LogP contribution in [0.1, 0.15) is 11.1 Å². The first-order valence-electron chi connectivity index (χ1n) is 5.62. The summed E-state index contributed by atoms with van der Waals surface area (Å²) < 4.78 is 39.6. The standard InChI is InChI=1S/C14H9F3S2/c1-8-6-7-11-13(12(8)14(15,16)17)19-10-5-3-2-4-9(10)18-11/h2-7H,1H3. The summed E-state index contributed by atoms with van der Waals surface area (Å²) in [5, 5.41) is 0. The zero-order chi connectivity index (χ0) is 13.6. The molecule has 0 saturated heterocycles. The Balaban J connectivity index is 2.19. The molecule has 0 atom stereocenters. The number of alkyl halides is 3. The van der Waals surface area contributed by atoms with Gasteiger partial charge in [-0.1, -0.05) is 41.7 Å². The molecular formula is C14H9F3S2. The SMILES string of the molecule is Cc1ccc2c(c1C(F)(F)F)Sc1ccccc1S2. The maximum Gasteiger partial charge on any atom is 0.417 e. The minimum atomic E-state index is -4.31. The number of halogens is 3. The van der Waals surface area contributed by atoms with Gasteiger partial charge in [-0.05, 0) is 30.7 Å². The van der Waals surface area contributed by atoms with E-state index in [-0.39, 0.29) is 5.56 Å². The van der Waals surface area contributed by atoms with Gasteiger partial charge >= 0.3 is 6.18 Å². The maximum absolute atomic E-state index is 13.2. The highest BCUT2D eigenvalue weighted by molar-refractivity contribution is 8.05. The molecule has 0 saturated carbocycles. The topological polar surface area (TPSA) is 0 Å². The Kier molecular flexibility index (Phi) is 3.06. The molecule has 19 heavy (non-hydrogen) atoms. The largest absolute Gasteiger partial charge is 0.417 e. The second kappa shape index (κ2) is 4.49. The number of benzene rings is 2. The van der Waals surface area contributed by atoms with Crippen LogP contribution >= 0.6 is 23.5 Å². The van der Waals surface area contributed by atoms with Gasteiger partial charge in [-0.15, -0.1) is 0 Å². The monoisotopic (exact) mass is 298 g/mol. The van der Waals surface area contributed by atoms with Crippen LogP contribution in [0.25, 0.3) is 0 Å². The lowest BCUT2D eigenvalue weighted by molar-refractivity contribution is -0.140. The predicted molar refractivity (Wildman–Crippen MR) is 70.9 cm³/mol. The molecule has 1 aliphatic heterocycles. The van der Waals surface area contributed by atoms with Gasteiger partial charge in [-0.3, -0.25) is 0 Å². The normalized spacial score (nSPS) is 13.9. The van der Waals surface area contributed by atoms with Crippen molar-refractivity contribution in [1.29, 1.82) is 0 Å². The minimum absolute atomic E-state index is 0.277. The number of fused-ring (bicyclic) bond motifs is 2. The fraction of sp³-hybridized carbons (Fsp3) is 0.143. The molecule has 0 aromatic heterocycles. The molecule has 0 nitrogen and oxygen atoms in total. The van der Waals surface area contributed by atoms with Gasteiger partial charge in [0.2, 0.25) is 0 Å². The molecule has 0 aliphatic carbocycles. The number of aryl methyl sites for hydroxylation is 1. The van der Waals surface area contributed by atoms with E-state index in [4.69, 9.17) is 0 Å². The molecule has 0 radical (unpaired) electrons. The lowest BCUT2D eigenvalue weighted by Gasteiger charge is -2.23. The third kappa shape index (κ3) is 2.25. The maximum atomic E-state index is 13.2. The average Bonchev–Trinajstić information content (AvgIpc) is 2.34. The molecule has 3 rings (SSSR count). The Morgan fingerprint density at radius 1 is 0.842 bits per heavy atom. The van der Waals surface area contributed by atoms with Crippen molar-refractivity contribution in [2.45, 2.75) is 32.7 Å². The van der Waals surface area contributed by atoms with Crippen molar-refractivity contribution >= 4 is 23.5 Å². The summed E-state index contributed by atoms with van der Waals surface area (Å²) in [5.74, 6) is 0. The highest BCUT2D eigenvalue weighted by Gasteiger charge is 2.37. The van der Waals surface area contributed by atoms with Gasteiger partial charge in [-0.2, -0.15) is 13.2 Å². The predicted octanol–water partition coefficient (Wildman–Crippen LogP) is 5.63. The molecule has 2 aromatic rings. The molecule has 5 heteroatoms. The Morgan fingerprint density at radius 2 is 1.47 bits per heavy atom. The first-order chi connectivity index (χ1) is 8.97. The Labute approximate surface area is 117 Å². The zero-order valence-corrected chi connectivity index (χ0v) is 11.5. The van der Waals surface area contributed by atoms with Crippen LogP contribution in [0.2, 0.25) is 0 Å². The summed E-state index contributed by atoms with van der Waals surface area (Å²) in [4.78, 5) is 2.91. The first-order valence-corrected chi connectivity index (χ1v) is 7.25. The first kappa shape index (κ1) is 12.9. The van der Waals surface area contributed by atoms with Crippen LogP contribution in [0.5, 0.6) is 0 Å². The molecular weight excluding hydrogens is 289 g/mol. The summed E-state index contributed by atoms with van der Waals surface area (Å²) >= 11 is 2.61. The summed E-state index contributed by atoms with van der Waals surface area (Å²) in [6.45, 7) is 1.51. The van der Waals surface area contributed by atoms with Gasteiger partial charge < -0.3 is 0 Å². The quantitative estimate of drug-likeness (QED) is 0.527. The molecule has 0 spiro atoms. The fourth-order valence-electron chi connectivity index (χ4n) is 2.04. The van der Waals surface area contributed by atoms with Crippen molar-refractivity contribution in [2.75, 3.05) is 0 Å². The van der Waals surface area contributed by atoms with Gasteiger partial charge in [-0.25, -0.2) is 0 Å². The Hall–Kier alpha value is -1.07. The lowest BCUT2D eigenvalue weighted by atomic mass is 10.1. The molecule has 1 aliphatic rings. The van der Waals surface area contributed by atoms with Gasteiger partial charge in [0.05, 0.1) is 5.56 Å². The molecule has 0 amide bonds. The van der Waals surface area contributed by atoms with Crippen molar-refractivity contribution in [3.63, 3.8) is 0 Å². The van der Waals surface area contributed by atoms with E-state index < -0.39 is 11.7 Å². The molecule has 98 valence electrons. The number of hydrogen-bond acceptors (Lipinski definition) is 2. The number of hydrogen-bond donors (Lipinski definition) is 0. The molecule has 0 fully saturated rings. The Morgan fingerprint density at radius 3 is 2.11 bits per heavy atom. The molecule has 0 bridgehead atoms. The third-order valence-electron chi connectivity index (χ3n) is 2.89. The van der Waals surface area contributed by atoms with Gasteiger partial charge in [0.25, 0.3) is 0 Å². The minimum Gasteiger partial charge on any atom is -0.166 e. The molecule has 0 unspecified atom stereocenters.